The van der Waals surface area contributed by atoms with E-state index in [0.29, 0.717) is 6.04 Å². The molecule has 0 heterocycles. The minimum absolute atomic E-state index is 0.668. The summed E-state index contributed by atoms with van der Waals surface area (Å²) in [6.45, 7) is 0.912. The molecule has 2 unspecified atom stereocenters. The van der Waals surface area contributed by atoms with Gasteiger partial charge in [0.15, 0.2) is 0 Å². The van der Waals surface area contributed by atoms with Crippen LogP contribution in [0.1, 0.15) is 31.2 Å². The monoisotopic (exact) mass is 265 g/mol. The molecule has 0 spiro atoms. The minimum atomic E-state index is 0.668. The van der Waals surface area contributed by atoms with Crippen LogP contribution in [0.25, 0.3) is 0 Å². The zero-order chi connectivity index (χ0) is 12.8. The number of nitrogens with one attached hydrogen (secondary N) is 1. The average molecular weight is 265 g/mol. The number of hydrogen-bond donors (Lipinski definition) is 1. The Morgan fingerprint density at radius 2 is 2.17 bits per heavy atom. The van der Waals surface area contributed by atoms with E-state index >= 15 is 0 Å². The van der Waals surface area contributed by atoms with Crippen LogP contribution in [-0.4, -0.2) is 24.7 Å². The summed E-state index contributed by atoms with van der Waals surface area (Å²) in [4.78, 5) is 0. The van der Waals surface area contributed by atoms with Crippen molar-refractivity contribution >= 4 is 11.8 Å². The molecule has 2 atom stereocenters. The second-order valence-corrected chi connectivity index (χ2v) is 6.05. The molecular weight excluding hydrogens is 242 g/mol. The Morgan fingerprint density at radius 3 is 2.94 bits per heavy atom. The van der Waals surface area contributed by atoms with E-state index in [2.05, 4.69) is 23.7 Å². The smallest absolute Gasteiger partial charge is 0.123 e. The van der Waals surface area contributed by atoms with E-state index < -0.39 is 0 Å². The third-order valence-corrected chi connectivity index (χ3v) is 4.83. The summed E-state index contributed by atoms with van der Waals surface area (Å²) in [6, 6.07) is 8.93. The van der Waals surface area contributed by atoms with Crippen LogP contribution in [0.15, 0.2) is 24.3 Å². The molecule has 2 rings (SSSR count). The third-order valence-electron chi connectivity index (χ3n) is 3.73. The number of hydrogen-bond acceptors (Lipinski definition) is 3. The minimum Gasteiger partial charge on any atom is -0.496 e. The lowest BCUT2D eigenvalue weighted by Gasteiger charge is -2.29. The molecule has 1 N–H and O–H groups in total. The van der Waals surface area contributed by atoms with E-state index in [1.165, 1.54) is 31.2 Å². The van der Waals surface area contributed by atoms with Gasteiger partial charge in [-0.1, -0.05) is 24.6 Å². The topological polar surface area (TPSA) is 21.3 Å². The Kier molecular flexibility index (Phi) is 5.39. The van der Waals surface area contributed by atoms with Crippen molar-refractivity contribution in [3.05, 3.63) is 29.8 Å². The standard InChI is InChI=1S/C15H23NOS/c1-17-15-9-4-3-6-12(15)11-16-13-7-5-8-14(10-13)18-2/h3-4,6,9,13-14,16H,5,7-8,10-11H2,1-2H3. The van der Waals surface area contributed by atoms with Gasteiger partial charge < -0.3 is 10.1 Å². The lowest BCUT2D eigenvalue weighted by Crippen LogP contribution is -2.34. The highest BCUT2D eigenvalue weighted by atomic mass is 32.2. The molecule has 1 aliphatic rings. The van der Waals surface area contributed by atoms with Crippen LogP contribution < -0.4 is 10.1 Å². The highest BCUT2D eigenvalue weighted by Crippen LogP contribution is 2.27. The van der Waals surface area contributed by atoms with Gasteiger partial charge in [-0.05, 0) is 31.6 Å². The van der Waals surface area contributed by atoms with Crippen molar-refractivity contribution in [3.8, 4) is 5.75 Å². The fourth-order valence-corrected chi connectivity index (χ4v) is 3.47. The van der Waals surface area contributed by atoms with E-state index in [9.17, 15) is 0 Å². The Hall–Kier alpha value is -0.670. The number of para-hydroxylation sites is 1. The summed E-state index contributed by atoms with van der Waals surface area (Å²) in [5.41, 5.74) is 1.26. The lowest BCUT2D eigenvalue weighted by atomic mass is 9.95. The van der Waals surface area contributed by atoms with Crippen molar-refractivity contribution in [3.63, 3.8) is 0 Å². The molecule has 1 aliphatic carbocycles. The molecule has 0 amide bonds. The zero-order valence-corrected chi connectivity index (χ0v) is 12.1. The first kappa shape index (κ1) is 13.8. The second kappa shape index (κ2) is 7.05. The third kappa shape index (κ3) is 3.66. The highest BCUT2D eigenvalue weighted by Gasteiger charge is 2.20. The Balaban J connectivity index is 1.87. The maximum Gasteiger partial charge on any atom is 0.123 e. The fourth-order valence-electron chi connectivity index (χ4n) is 2.65. The number of ether oxygens (including phenoxy) is 1. The van der Waals surface area contributed by atoms with Gasteiger partial charge in [0.25, 0.3) is 0 Å². The van der Waals surface area contributed by atoms with Gasteiger partial charge >= 0.3 is 0 Å². The molecule has 1 saturated carbocycles. The van der Waals surface area contributed by atoms with Gasteiger partial charge in [0.1, 0.15) is 5.75 Å². The van der Waals surface area contributed by atoms with Crippen LogP contribution in [0.2, 0.25) is 0 Å². The van der Waals surface area contributed by atoms with E-state index in [4.69, 9.17) is 4.74 Å². The van der Waals surface area contributed by atoms with Crippen molar-refractivity contribution in [2.75, 3.05) is 13.4 Å². The van der Waals surface area contributed by atoms with Crippen molar-refractivity contribution in [2.24, 2.45) is 0 Å². The Labute approximate surface area is 114 Å². The molecule has 1 aromatic rings. The van der Waals surface area contributed by atoms with Gasteiger partial charge in [-0.2, -0.15) is 11.8 Å². The number of thioether (sulfide) groups is 1. The molecule has 3 heteroatoms. The van der Waals surface area contributed by atoms with Gasteiger partial charge in [-0.3, -0.25) is 0 Å². The lowest BCUT2D eigenvalue weighted by molar-refractivity contribution is 0.371. The molecule has 2 nitrogen and oxygen atoms in total. The van der Waals surface area contributed by atoms with Gasteiger partial charge in [0.05, 0.1) is 7.11 Å². The second-order valence-electron chi connectivity index (χ2n) is 4.91. The number of benzene rings is 1. The van der Waals surface area contributed by atoms with Gasteiger partial charge in [-0.15, -0.1) is 0 Å². The molecule has 0 bridgehead atoms. The predicted molar refractivity (Wildman–Crippen MR) is 79.4 cm³/mol. The first-order valence-electron chi connectivity index (χ1n) is 6.71. The molecule has 1 fully saturated rings. The summed E-state index contributed by atoms with van der Waals surface area (Å²) in [7, 11) is 1.74. The predicted octanol–water partition coefficient (Wildman–Crippen LogP) is 3.46. The van der Waals surface area contributed by atoms with Crippen LogP contribution in [0.4, 0.5) is 0 Å². The summed E-state index contributed by atoms with van der Waals surface area (Å²) in [5, 5.41) is 4.53. The molecule has 0 radical (unpaired) electrons. The average Bonchev–Trinajstić information content (AvgIpc) is 2.45. The van der Waals surface area contributed by atoms with Crippen LogP contribution in [0.3, 0.4) is 0 Å². The summed E-state index contributed by atoms with van der Waals surface area (Å²) in [5.74, 6) is 0.988. The summed E-state index contributed by atoms with van der Waals surface area (Å²) >= 11 is 2.01. The van der Waals surface area contributed by atoms with Crippen LogP contribution >= 0.6 is 11.8 Å². The number of methoxy groups -OCH3 is 1. The van der Waals surface area contributed by atoms with Gasteiger partial charge in [0, 0.05) is 23.4 Å². The highest BCUT2D eigenvalue weighted by molar-refractivity contribution is 7.99. The SMILES string of the molecule is COc1ccccc1CNC1CCCC(SC)C1. The molecule has 1 aromatic carbocycles. The summed E-state index contributed by atoms with van der Waals surface area (Å²) < 4.78 is 5.38. The summed E-state index contributed by atoms with van der Waals surface area (Å²) in [6.07, 6.45) is 7.58. The van der Waals surface area contributed by atoms with E-state index in [1.807, 2.05) is 23.9 Å². The molecule has 18 heavy (non-hydrogen) atoms. The van der Waals surface area contributed by atoms with Crippen molar-refractivity contribution in [1.29, 1.82) is 0 Å². The molecular formula is C15H23NOS. The van der Waals surface area contributed by atoms with Gasteiger partial charge in [-0.25, -0.2) is 0 Å². The fraction of sp³-hybridized carbons (Fsp3) is 0.600. The Bertz CT molecular complexity index is 369. The zero-order valence-electron chi connectivity index (χ0n) is 11.3. The Morgan fingerprint density at radius 1 is 1.33 bits per heavy atom. The van der Waals surface area contributed by atoms with Crippen LogP contribution in [-0.2, 0) is 6.54 Å². The van der Waals surface area contributed by atoms with Gasteiger partial charge in [0.2, 0.25) is 0 Å². The normalized spacial score (nSPS) is 23.9. The van der Waals surface area contributed by atoms with E-state index in [1.54, 1.807) is 7.11 Å². The molecule has 0 aliphatic heterocycles. The van der Waals surface area contributed by atoms with Crippen LogP contribution in [0, 0.1) is 0 Å². The van der Waals surface area contributed by atoms with E-state index in [-0.39, 0.29) is 0 Å². The van der Waals surface area contributed by atoms with Crippen molar-refractivity contribution in [1.82, 2.24) is 5.32 Å². The van der Waals surface area contributed by atoms with Crippen molar-refractivity contribution in [2.45, 2.75) is 43.5 Å². The van der Waals surface area contributed by atoms with Crippen molar-refractivity contribution < 1.29 is 4.74 Å². The van der Waals surface area contributed by atoms with E-state index in [0.717, 1.165) is 17.5 Å². The number of rotatable bonds is 5. The first-order valence-corrected chi connectivity index (χ1v) is 8.00. The largest absolute Gasteiger partial charge is 0.496 e. The quantitative estimate of drug-likeness (QED) is 0.881. The maximum atomic E-state index is 5.38. The molecule has 0 aromatic heterocycles. The molecule has 0 saturated heterocycles. The maximum absolute atomic E-state index is 5.38. The van der Waals surface area contributed by atoms with Crippen LogP contribution in [0.5, 0.6) is 5.75 Å². The first-order chi connectivity index (χ1) is 8.83. The molecule has 100 valence electrons.